The summed E-state index contributed by atoms with van der Waals surface area (Å²) >= 11 is 0. The number of anilines is 2. The van der Waals surface area contributed by atoms with Crippen LogP contribution in [-0.4, -0.2) is 46.2 Å². The first kappa shape index (κ1) is 17.5. The van der Waals surface area contributed by atoms with Gasteiger partial charge in [-0.2, -0.15) is 5.26 Å². The van der Waals surface area contributed by atoms with Gasteiger partial charge in [0.2, 0.25) is 0 Å². The number of phenols is 1. The largest absolute Gasteiger partial charge is 0.506 e. The summed E-state index contributed by atoms with van der Waals surface area (Å²) in [6.07, 6.45) is 3.27. The molecular weight excluding hydrogens is 330 g/mol. The fraction of sp³-hybridized carbons (Fsp3) is 0.316. The highest BCUT2D eigenvalue weighted by Crippen LogP contribution is 2.28. The van der Waals surface area contributed by atoms with Gasteiger partial charge in [-0.25, -0.2) is 4.79 Å². The highest BCUT2D eigenvalue weighted by atomic mass is 16.3. The van der Waals surface area contributed by atoms with Crippen molar-refractivity contribution in [1.29, 1.82) is 5.26 Å². The van der Waals surface area contributed by atoms with Crippen LogP contribution in [-0.2, 0) is 0 Å². The highest BCUT2D eigenvalue weighted by molar-refractivity contribution is 5.89. The molecule has 0 bridgehead atoms. The summed E-state index contributed by atoms with van der Waals surface area (Å²) in [5.41, 5.74) is 1.81. The predicted molar refractivity (Wildman–Crippen MR) is 99.1 cm³/mol. The second-order valence-electron chi connectivity index (χ2n) is 6.48. The lowest BCUT2D eigenvalue weighted by Crippen LogP contribution is -2.59. The number of nitriles is 1. The molecule has 1 aromatic carbocycles. The Morgan fingerprint density at radius 3 is 2.62 bits per heavy atom. The Balaban J connectivity index is 1.72. The number of aromatic hydroxyl groups is 1. The average Bonchev–Trinajstić information content (AvgIpc) is 2.64. The maximum Gasteiger partial charge on any atom is 0.322 e. The van der Waals surface area contributed by atoms with Gasteiger partial charge in [0.05, 0.1) is 5.56 Å². The molecule has 2 amide bonds. The molecule has 0 saturated carbocycles. The van der Waals surface area contributed by atoms with Crippen molar-refractivity contribution in [3.8, 4) is 11.8 Å². The van der Waals surface area contributed by atoms with Gasteiger partial charge in [0.1, 0.15) is 11.8 Å². The highest BCUT2D eigenvalue weighted by Gasteiger charge is 2.32. The first-order valence-electron chi connectivity index (χ1n) is 8.47. The van der Waals surface area contributed by atoms with Crippen LogP contribution in [0.5, 0.6) is 5.75 Å². The number of urea groups is 1. The van der Waals surface area contributed by atoms with Crippen molar-refractivity contribution in [2.75, 3.05) is 23.3 Å². The molecule has 7 nitrogen and oxygen atoms in total. The van der Waals surface area contributed by atoms with Gasteiger partial charge in [-0.05, 0) is 38.1 Å². The van der Waals surface area contributed by atoms with E-state index in [0.29, 0.717) is 18.8 Å². The van der Waals surface area contributed by atoms with Gasteiger partial charge in [-0.15, -0.1) is 0 Å². The number of nitrogens with zero attached hydrogens (tertiary/aromatic N) is 4. The number of carbonyl (C=O) groups is 1. The maximum atomic E-state index is 12.6. The number of amides is 2. The monoisotopic (exact) mass is 351 g/mol. The van der Waals surface area contributed by atoms with Crippen molar-refractivity contribution >= 4 is 17.4 Å². The Hall–Kier alpha value is -3.27. The summed E-state index contributed by atoms with van der Waals surface area (Å²) < 4.78 is 0. The Kier molecular flexibility index (Phi) is 4.94. The number of aromatic nitrogens is 1. The van der Waals surface area contributed by atoms with Crippen LogP contribution in [0.25, 0.3) is 0 Å². The molecule has 2 atom stereocenters. The SMILES string of the molecule is CC1CN(C(=O)Nc2ccncc2)[C@H](C)CN1c1ccc(C#N)c(O)c1. The van der Waals surface area contributed by atoms with Crippen LogP contribution in [0.4, 0.5) is 16.2 Å². The van der Waals surface area contributed by atoms with Gasteiger partial charge >= 0.3 is 6.03 Å². The van der Waals surface area contributed by atoms with Crippen molar-refractivity contribution in [2.24, 2.45) is 0 Å². The molecule has 2 aromatic rings. The molecule has 1 unspecified atom stereocenters. The average molecular weight is 351 g/mol. The summed E-state index contributed by atoms with van der Waals surface area (Å²) in [6.45, 7) is 5.22. The van der Waals surface area contributed by atoms with Crippen LogP contribution in [0, 0.1) is 11.3 Å². The zero-order valence-electron chi connectivity index (χ0n) is 14.8. The van der Waals surface area contributed by atoms with E-state index in [-0.39, 0.29) is 29.4 Å². The fourth-order valence-electron chi connectivity index (χ4n) is 3.19. The van der Waals surface area contributed by atoms with E-state index in [1.165, 1.54) is 0 Å². The predicted octanol–water partition coefficient (Wildman–Crippen LogP) is 2.79. The minimum atomic E-state index is -0.141. The molecule has 3 rings (SSSR count). The van der Waals surface area contributed by atoms with Crippen LogP contribution in [0.15, 0.2) is 42.7 Å². The maximum absolute atomic E-state index is 12.6. The molecule has 0 aliphatic carbocycles. The van der Waals surface area contributed by atoms with E-state index >= 15 is 0 Å². The normalized spacial score (nSPS) is 19.7. The van der Waals surface area contributed by atoms with E-state index in [4.69, 9.17) is 5.26 Å². The Morgan fingerprint density at radius 2 is 1.96 bits per heavy atom. The van der Waals surface area contributed by atoms with Crippen molar-refractivity contribution in [2.45, 2.75) is 25.9 Å². The van der Waals surface area contributed by atoms with E-state index in [2.05, 4.69) is 15.2 Å². The molecule has 1 aromatic heterocycles. The van der Waals surface area contributed by atoms with Crippen molar-refractivity contribution < 1.29 is 9.90 Å². The third kappa shape index (κ3) is 3.54. The van der Waals surface area contributed by atoms with Crippen LogP contribution in [0.3, 0.4) is 0 Å². The quantitative estimate of drug-likeness (QED) is 0.868. The third-order valence-corrected chi connectivity index (χ3v) is 4.61. The minimum Gasteiger partial charge on any atom is -0.506 e. The number of hydrogen-bond donors (Lipinski definition) is 2. The molecule has 2 heterocycles. The molecule has 26 heavy (non-hydrogen) atoms. The molecule has 0 spiro atoms. The lowest BCUT2D eigenvalue weighted by molar-refractivity contribution is 0.173. The summed E-state index contributed by atoms with van der Waals surface area (Å²) in [5.74, 6) is -0.0253. The molecule has 134 valence electrons. The molecule has 1 saturated heterocycles. The van der Waals surface area contributed by atoms with Gasteiger partial charge in [-0.1, -0.05) is 0 Å². The molecule has 7 heteroatoms. The number of nitrogens with one attached hydrogen (secondary N) is 1. The molecule has 2 N–H and O–H groups in total. The lowest BCUT2D eigenvalue weighted by Gasteiger charge is -2.45. The van der Waals surface area contributed by atoms with Crippen LogP contribution >= 0.6 is 0 Å². The third-order valence-electron chi connectivity index (χ3n) is 4.61. The Labute approximate surface area is 152 Å². The van der Waals surface area contributed by atoms with Gasteiger partial charge < -0.3 is 20.2 Å². The minimum absolute atomic E-state index is 0.00850. The Bertz CT molecular complexity index is 834. The summed E-state index contributed by atoms with van der Waals surface area (Å²) in [7, 11) is 0. The molecule has 1 aliphatic heterocycles. The zero-order valence-corrected chi connectivity index (χ0v) is 14.8. The summed E-state index contributed by atoms with van der Waals surface area (Å²) in [6, 6.07) is 10.4. The van der Waals surface area contributed by atoms with E-state index in [1.807, 2.05) is 30.9 Å². The zero-order chi connectivity index (χ0) is 18.7. The van der Waals surface area contributed by atoms with Crippen molar-refractivity contribution in [3.63, 3.8) is 0 Å². The van der Waals surface area contributed by atoms with Gasteiger partial charge in [0.15, 0.2) is 0 Å². The number of rotatable bonds is 2. The van der Waals surface area contributed by atoms with E-state index in [1.54, 1.807) is 36.7 Å². The molecular formula is C19H21N5O2. The fourth-order valence-corrected chi connectivity index (χ4v) is 3.19. The smallest absolute Gasteiger partial charge is 0.322 e. The van der Waals surface area contributed by atoms with Crippen LogP contribution in [0.2, 0.25) is 0 Å². The number of carbonyl (C=O) groups excluding carboxylic acids is 1. The van der Waals surface area contributed by atoms with Crippen molar-refractivity contribution in [1.82, 2.24) is 9.88 Å². The molecule has 1 aliphatic rings. The van der Waals surface area contributed by atoms with Crippen LogP contribution < -0.4 is 10.2 Å². The van der Waals surface area contributed by atoms with E-state index in [0.717, 1.165) is 5.69 Å². The molecule has 1 fully saturated rings. The number of hydrogen-bond acceptors (Lipinski definition) is 5. The van der Waals surface area contributed by atoms with Gasteiger partial charge in [0, 0.05) is 55.0 Å². The topological polar surface area (TPSA) is 92.5 Å². The lowest BCUT2D eigenvalue weighted by atomic mass is 10.1. The van der Waals surface area contributed by atoms with Gasteiger partial charge in [-0.3, -0.25) is 4.98 Å². The summed E-state index contributed by atoms with van der Waals surface area (Å²) in [4.78, 5) is 20.5. The first-order chi connectivity index (χ1) is 12.5. The second kappa shape index (κ2) is 7.31. The number of piperazine rings is 1. The number of benzene rings is 1. The molecule has 0 radical (unpaired) electrons. The van der Waals surface area contributed by atoms with Gasteiger partial charge in [0.25, 0.3) is 0 Å². The van der Waals surface area contributed by atoms with Crippen LogP contribution in [0.1, 0.15) is 19.4 Å². The van der Waals surface area contributed by atoms with Crippen molar-refractivity contribution in [3.05, 3.63) is 48.3 Å². The standard InChI is InChI=1S/C19H21N5O2/c1-13-12-24(19(26)22-16-5-7-21-8-6-16)14(2)11-23(13)17-4-3-15(10-20)18(25)9-17/h3-9,13-14,25H,11-12H2,1-2H3,(H,21,22,26)/t13?,14-/m1/s1. The second-order valence-corrected chi connectivity index (χ2v) is 6.48. The van der Waals surface area contributed by atoms with E-state index < -0.39 is 0 Å². The number of phenolic OH excluding ortho intramolecular Hbond substituents is 1. The van der Waals surface area contributed by atoms with E-state index in [9.17, 15) is 9.90 Å². The Morgan fingerprint density at radius 1 is 1.23 bits per heavy atom. The summed E-state index contributed by atoms with van der Waals surface area (Å²) in [5, 5.41) is 21.8. The first-order valence-corrected chi connectivity index (χ1v) is 8.47. The number of pyridine rings is 1.